The number of halogens is 3. The lowest BCUT2D eigenvalue weighted by Crippen LogP contribution is -2.52. The number of nitrogens with one attached hydrogen (secondary N) is 3. The number of hydrogen-bond acceptors (Lipinski definition) is 4. The van der Waals surface area contributed by atoms with Crippen molar-refractivity contribution in [1.29, 1.82) is 0 Å². The number of aromatic nitrogens is 2. The van der Waals surface area contributed by atoms with Crippen LogP contribution in [0, 0.1) is 17.5 Å². The van der Waals surface area contributed by atoms with E-state index in [1.165, 1.54) is 18.2 Å². The van der Waals surface area contributed by atoms with Gasteiger partial charge in [-0.3, -0.25) is 10.1 Å². The molecular formula is C22H22F3N5O. The monoisotopic (exact) mass is 429 g/mol. The molecule has 0 saturated heterocycles. The molecule has 0 fully saturated rings. The predicted molar refractivity (Wildman–Crippen MR) is 111 cm³/mol. The molecule has 31 heavy (non-hydrogen) atoms. The number of hydrogen-bond donors (Lipinski definition) is 3. The van der Waals surface area contributed by atoms with Crippen molar-refractivity contribution in [3.05, 3.63) is 65.7 Å². The summed E-state index contributed by atoms with van der Waals surface area (Å²) in [6, 6.07) is 9.39. The van der Waals surface area contributed by atoms with Gasteiger partial charge < -0.3 is 15.2 Å². The molecule has 162 valence electrons. The van der Waals surface area contributed by atoms with Crippen LogP contribution in [0.1, 0.15) is 19.7 Å². The Balaban J connectivity index is 1.81. The summed E-state index contributed by atoms with van der Waals surface area (Å²) in [6.45, 7) is 4.61. The van der Waals surface area contributed by atoms with Gasteiger partial charge in [-0.1, -0.05) is 0 Å². The maximum absolute atomic E-state index is 13.8. The average Bonchev–Trinajstić information content (AvgIpc) is 3.08. The molecule has 1 aliphatic rings. The van der Waals surface area contributed by atoms with Gasteiger partial charge in [0.05, 0.1) is 12.1 Å². The number of imidazole rings is 1. The third-order valence-corrected chi connectivity index (χ3v) is 5.22. The minimum atomic E-state index is -0.979. The van der Waals surface area contributed by atoms with Crippen LogP contribution in [0.5, 0.6) is 0 Å². The molecule has 0 atom stereocenters. The molecule has 0 saturated carbocycles. The van der Waals surface area contributed by atoms with E-state index in [-0.39, 0.29) is 11.7 Å². The van der Waals surface area contributed by atoms with Crippen LogP contribution in [-0.4, -0.2) is 27.5 Å². The van der Waals surface area contributed by atoms with Crippen molar-refractivity contribution in [3.8, 4) is 11.3 Å². The average molecular weight is 429 g/mol. The van der Waals surface area contributed by atoms with Crippen molar-refractivity contribution in [2.75, 3.05) is 11.9 Å². The summed E-state index contributed by atoms with van der Waals surface area (Å²) in [6.07, 6.45) is 0. The van der Waals surface area contributed by atoms with Crippen molar-refractivity contribution in [2.24, 2.45) is 0 Å². The number of benzene rings is 2. The molecule has 3 aromatic rings. The van der Waals surface area contributed by atoms with Crippen LogP contribution in [0.4, 0.5) is 24.7 Å². The fourth-order valence-electron chi connectivity index (χ4n) is 3.40. The molecule has 9 heteroatoms. The van der Waals surface area contributed by atoms with E-state index in [1.54, 1.807) is 26.0 Å². The number of carbonyl (C=O) groups excluding carboxylic acids is 1. The molecular weight excluding hydrogens is 407 g/mol. The van der Waals surface area contributed by atoms with Crippen molar-refractivity contribution in [3.63, 3.8) is 0 Å². The molecule has 3 N–H and O–H groups in total. The van der Waals surface area contributed by atoms with Gasteiger partial charge in [-0.25, -0.2) is 18.2 Å². The summed E-state index contributed by atoms with van der Waals surface area (Å²) in [4.78, 5) is 17.1. The quantitative estimate of drug-likeness (QED) is 0.594. The predicted octanol–water partition coefficient (Wildman–Crippen LogP) is 3.71. The Kier molecular flexibility index (Phi) is 5.45. The zero-order chi connectivity index (χ0) is 22.2. The van der Waals surface area contributed by atoms with E-state index in [0.717, 1.165) is 12.1 Å². The fraction of sp³-hybridized carbons (Fsp3) is 0.273. The van der Waals surface area contributed by atoms with Crippen LogP contribution in [-0.2, 0) is 17.9 Å². The van der Waals surface area contributed by atoms with Gasteiger partial charge in [0.2, 0.25) is 5.91 Å². The van der Waals surface area contributed by atoms with E-state index < -0.39 is 17.2 Å². The summed E-state index contributed by atoms with van der Waals surface area (Å²) in [5.74, 6) is -1.25. The highest BCUT2D eigenvalue weighted by Crippen LogP contribution is 2.32. The highest BCUT2D eigenvalue weighted by Gasteiger charge is 2.29. The van der Waals surface area contributed by atoms with Crippen LogP contribution in [0.3, 0.4) is 0 Å². The van der Waals surface area contributed by atoms with Gasteiger partial charge >= 0.3 is 0 Å². The number of carbonyl (C=O) groups is 1. The van der Waals surface area contributed by atoms with Crippen LogP contribution < -0.4 is 16.0 Å². The van der Waals surface area contributed by atoms with Crippen molar-refractivity contribution < 1.29 is 18.0 Å². The third kappa shape index (κ3) is 4.27. The first-order chi connectivity index (χ1) is 14.7. The summed E-state index contributed by atoms with van der Waals surface area (Å²) < 4.78 is 42.5. The van der Waals surface area contributed by atoms with E-state index in [4.69, 9.17) is 4.98 Å². The highest BCUT2D eigenvalue weighted by atomic mass is 19.2. The standard InChI is InChI=1S/C22H22F3N5O/c1-22(2)21(31)26-9-10-30-18(12-27-22)29-19(13-3-5-14(23)6-4-13)20(30)28-15-7-8-16(24)17(25)11-15/h3-8,11,27-28H,9-10,12H2,1-2H3,(H,26,31). The van der Waals surface area contributed by atoms with Gasteiger partial charge in [0.25, 0.3) is 0 Å². The second-order valence-electron chi connectivity index (χ2n) is 7.87. The largest absolute Gasteiger partial charge is 0.353 e. The lowest BCUT2D eigenvalue weighted by Gasteiger charge is -2.23. The van der Waals surface area contributed by atoms with E-state index in [0.29, 0.717) is 48.2 Å². The maximum atomic E-state index is 13.8. The Labute approximate surface area is 177 Å². The second-order valence-corrected chi connectivity index (χ2v) is 7.87. The summed E-state index contributed by atoms with van der Waals surface area (Å²) in [5.41, 5.74) is 0.727. The Morgan fingerprint density at radius 3 is 2.52 bits per heavy atom. The molecule has 0 radical (unpaired) electrons. The molecule has 4 rings (SSSR count). The Morgan fingerprint density at radius 2 is 1.81 bits per heavy atom. The first kappa shape index (κ1) is 20.9. The fourth-order valence-corrected chi connectivity index (χ4v) is 3.40. The zero-order valence-corrected chi connectivity index (χ0v) is 17.1. The lowest BCUT2D eigenvalue weighted by molar-refractivity contribution is -0.126. The van der Waals surface area contributed by atoms with Crippen molar-refractivity contribution in [1.82, 2.24) is 20.2 Å². The van der Waals surface area contributed by atoms with E-state index in [9.17, 15) is 18.0 Å². The minimum Gasteiger partial charge on any atom is -0.353 e. The van der Waals surface area contributed by atoms with E-state index >= 15 is 0 Å². The van der Waals surface area contributed by atoms with Crippen LogP contribution in [0.25, 0.3) is 11.3 Å². The minimum absolute atomic E-state index is 0.132. The molecule has 0 bridgehead atoms. The number of nitrogens with zero attached hydrogens (tertiary/aromatic N) is 2. The van der Waals surface area contributed by atoms with Crippen molar-refractivity contribution >= 4 is 17.4 Å². The van der Waals surface area contributed by atoms with Gasteiger partial charge in [0, 0.05) is 30.4 Å². The van der Waals surface area contributed by atoms with Gasteiger partial charge in [-0.15, -0.1) is 0 Å². The number of fused-ring (bicyclic) bond motifs is 1. The Hall–Kier alpha value is -3.33. The lowest BCUT2D eigenvalue weighted by atomic mass is 10.0. The summed E-state index contributed by atoms with van der Waals surface area (Å²) >= 11 is 0. The van der Waals surface area contributed by atoms with E-state index in [2.05, 4.69) is 16.0 Å². The number of rotatable bonds is 3. The molecule has 0 aliphatic carbocycles. The van der Waals surface area contributed by atoms with E-state index in [1.807, 2.05) is 4.57 Å². The van der Waals surface area contributed by atoms with Gasteiger partial charge in [0.1, 0.15) is 23.2 Å². The topological polar surface area (TPSA) is 71.0 Å². The SMILES string of the molecule is CC1(C)NCc2nc(-c3ccc(F)cc3)c(Nc3ccc(F)c(F)c3)n2CCNC1=O. The Morgan fingerprint density at radius 1 is 1.06 bits per heavy atom. The molecule has 1 aliphatic heterocycles. The molecule has 1 aromatic heterocycles. The second kappa shape index (κ2) is 8.07. The smallest absolute Gasteiger partial charge is 0.239 e. The van der Waals surface area contributed by atoms with Gasteiger partial charge in [-0.05, 0) is 50.2 Å². The zero-order valence-electron chi connectivity index (χ0n) is 17.1. The van der Waals surface area contributed by atoms with Gasteiger partial charge in [-0.2, -0.15) is 0 Å². The normalized spacial score (nSPS) is 16.0. The molecule has 1 amide bonds. The number of amides is 1. The van der Waals surface area contributed by atoms with Crippen LogP contribution in [0.2, 0.25) is 0 Å². The molecule has 6 nitrogen and oxygen atoms in total. The van der Waals surface area contributed by atoms with Gasteiger partial charge in [0.15, 0.2) is 11.6 Å². The molecule has 0 unspecified atom stereocenters. The van der Waals surface area contributed by atoms with Crippen molar-refractivity contribution in [2.45, 2.75) is 32.5 Å². The maximum Gasteiger partial charge on any atom is 0.239 e. The third-order valence-electron chi connectivity index (χ3n) is 5.22. The van der Waals surface area contributed by atoms with Crippen LogP contribution in [0.15, 0.2) is 42.5 Å². The molecule has 2 heterocycles. The molecule has 2 aromatic carbocycles. The number of anilines is 2. The van der Waals surface area contributed by atoms with Crippen LogP contribution >= 0.6 is 0 Å². The summed E-state index contributed by atoms with van der Waals surface area (Å²) in [5, 5.41) is 9.20. The highest BCUT2D eigenvalue weighted by molar-refractivity contribution is 5.85. The summed E-state index contributed by atoms with van der Waals surface area (Å²) in [7, 11) is 0. The Bertz CT molecular complexity index is 1120. The first-order valence-electron chi connectivity index (χ1n) is 9.85. The molecule has 0 spiro atoms. The first-order valence-corrected chi connectivity index (χ1v) is 9.85.